The smallest absolute Gasteiger partial charge is 0.231 e. The Morgan fingerprint density at radius 1 is 1.06 bits per heavy atom. The number of thiazole rings is 1. The van der Waals surface area contributed by atoms with Crippen molar-refractivity contribution in [2.75, 3.05) is 19.5 Å². The van der Waals surface area contributed by atoms with Crippen molar-refractivity contribution in [2.45, 2.75) is 13.0 Å². The lowest BCUT2D eigenvalue weighted by molar-refractivity contribution is -0.115. The minimum atomic E-state index is -0.131. The number of fused-ring (bicyclic) bond motifs is 1. The molecule has 0 saturated carbocycles. The van der Waals surface area contributed by atoms with Crippen molar-refractivity contribution in [1.29, 1.82) is 0 Å². The first kappa shape index (κ1) is 21.7. The van der Waals surface area contributed by atoms with Crippen LogP contribution in [0.2, 0.25) is 0 Å². The van der Waals surface area contributed by atoms with Crippen molar-refractivity contribution < 1.29 is 14.3 Å². The quantitative estimate of drug-likeness (QED) is 0.359. The number of methoxy groups -OCH3 is 2. The zero-order chi connectivity index (χ0) is 23.5. The summed E-state index contributed by atoms with van der Waals surface area (Å²) in [5.41, 5.74) is 3.71. The molecule has 0 aliphatic rings. The zero-order valence-electron chi connectivity index (χ0n) is 18.8. The molecule has 3 aromatic heterocycles. The Kier molecular flexibility index (Phi) is 6.01. The molecule has 0 radical (unpaired) electrons. The Labute approximate surface area is 200 Å². The number of anilines is 1. The van der Waals surface area contributed by atoms with Crippen LogP contribution in [0.5, 0.6) is 11.5 Å². The van der Waals surface area contributed by atoms with Gasteiger partial charge >= 0.3 is 0 Å². The first-order valence-corrected chi connectivity index (χ1v) is 11.6. The van der Waals surface area contributed by atoms with E-state index >= 15 is 0 Å². The molecule has 0 atom stereocenters. The number of benzene rings is 2. The number of aromatic nitrogens is 4. The van der Waals surface area contributed by atoms with E-state index in [9.17, 15) is 4.79 Å². The molecular weight excluding hydrogens is 450 g/mol. The fraction of sp³-hybridized carbons (Fsp3) is 0.160. The Hall–Kier alpha value is -4.11. The number of nitrogens with one attached hydrogen (secondary N) is 1. The van der Waals surface area contributed by atoms with Gasteiger partial charge in [-0.15, -0.1) is 11.3 Å². The topological polar surface area (TPSA) is 82.7 Å². The highest BCUT2D eigenvalue weighted by Gasteiger charge is 2.16. The first-order valence-electron chi connectivity index (χ1n) is 10.7. The third-order valence-corrected chi connectivity index (χ3v) is 6.37. The largest absolute Gasteiger partial charge is 0.493 e. The molecule has 0 aliphatic carbocycles. The third kappa shape index (κ3) is 4.25. The van der Waals surface area contributed by atoms with Gasteiger partial charge in [0.1, 0.15) is 5.82 Å². The maximum atomic E-state index is 12.9. The van der Waals surface area contributed by atoms with E-state index in [0.717, 1.165) is 27.5 Å². The van der Waals surface area contributed by atoms with E-state index in [1.807, 2.05) is 64.5 Å². The van der Waals surface area contributed by atoms with E-state index in [1.165, 1.54) is 11.3 Å². The average Bonchev–Trinajstić information content (AvgIpc) is 3.57. The molecule has 1 N–H and O–H groups in total. The van der Waals surface area contributed by atoms with Gasteiger partial charge in [-0.1, -0.05) is 42.5 Å². The molecule has 0 unspecified atom stereocenters. The van der Waals surface area contributed by atoms with Crippen LogP contribution < -0.4 is 14.8 Å². The summed E-state index contributed by atoms with van der Waals surface area (Å²) in [6.45, 7) is 0.424. The van der Waals surface area contributed by atoms with Crippen molar-refractivity contribution in [3.05, 3.63) is 83.6 Å². The van der Waals surface area contributed by atoms with Gasteiger partial charge in [-0.3, -0.25) is 9.20 Å². The van der Waals surface area contributed by atoms with Crippen LogP contribution in [0.15, 0.2) is 72.4 Å². The van der Waals surface area contributed by atoms with Gasteiger partial charge in [0.05, 0.1) is 39.1 Å². The number of rotatable bonds is 8. The summed E-state index contributed by atoms with van der Waals surface area (Å²) in [5.74, 6) is 1.77. The Bertz CT molecular complexity index is 1440. The van der Waals surface area contributed by atoms with Gasteiger partial charge in [0, 0.05) is 34.5 Å². The number of hydrogen-bond acceptors (Lipinski definition) is 6. The fourth-order valence-electron chi connectivity index (χ4n) is 3.86. The molecule has 172 valence electrons. The second-order valence-corrected chi connectivity index (χ2v) is 8.46. The molecule has 8 nitrogen and oxygen atoms in total. The number of nitrogens with zero attached hydrogens (tertiary/aromatic N) is 4. The molecule has 0 saturated heterocycles. The summed E-state index contributed by atoms with van der Waals surface area (Å²) in [7, 11) is 3.21. The maximum absolute atomic E-state index is 12.9. The first-order chi connectivity index (χ1) is 16.7. The molecule has 0 bridgehead atoms. The van der Waals surface area contributed by atoms with Crippen molar-refractivity contribution in [3.8, 4) is 22.8 Å². The summed E-state index contributed by atoms with van der Waals surface area (Å²) in [6.07, 6.45) is 3.86. The van der Waals surface area contributed by atoms with Crippen molar-refractivity contribution in [1.82, 2.24) is 19.2 Å². The molecule has 3 heterocycles. The fourth-order valence-corrected chi connectivity index (χ4v) is 4.73. The predicted octanol–water partition coefficient (Wildman–Crippen LogP) is 4.51. The third-order valence-electron chi connectivity index (χ3n) is 5.48. The van der Waals surface area contributed by atoms with Gasteiger partial charge < -0.3 is 14.8 Å². The van der Waals surface area contributed by atoms with Crippen molar-refractivity contribution in [3.63, 3.8) is 0 Å². The highest BCUT2D eigenvalue weighted by molar-refractivity contribution is 7.15. The summed E-state index contributed by atoms with van der Waals surface area (Å²) >= 11 is 1.52. The zero-order valence-corrected chi connectivity index (χ0v) is 19.6. The molecule has 0 spiro atoms. The lowest BCUT2D eigenvalue weighted by Gasteiger charge is -2.14. The molecule has 5 rings (SSSR count). The number of carbonyl (C=O) groups is 1. The average molecular weight is 474 g/mol. The number of ether oxygens (including phenoxy) is 2. The van der Waals surface area contributed by atoms with Crippen LogP contribution in [0.3, 0.4) is 0 Å². The van der Waals surface area contributed by atoms with Crippen LogP contribution in [0.1, 0.15) is 11.3 Å². The van der Waals surface area contributed by atoms with Crippen LogP contribution in [-0.2, 0) is 17.8 Å². The normalized spacial score (nSPS) is 11.0. The predicted molar refractivity (Wildman–Crippen MR) is 132 cm³/mol. The SMILES string of the molecule is COc1cccc(Cn2nccc2NC(=O)Cc2csc3nc(-c4ccccc4)cn23)c1OC. The van der Waals surface area contributed by atoms with Crippen LogP contribution in [-0.4, -0.2) is 39.3 Å². The molecule has 0 fully saturated rings. The van der Waals surface area contributed by atoms with E-state index in [0.29, 0.717) is 23.9 Å². The van der Waals surface area contributed by atoms with E-state index in [1.54, 1.807) is 31.2 Å². The van der Waals surface area contributed by atoms with Gasteiger partial charge in [-0.05, 0) is 6.07 Å². The van der Waals surface area contributed by atoms with Crippen LogP contribution in [0.25, 0.3) is 16.2 Å². The second kappa shape index (κ2) is 9.40. The van der Waals surface area contributed by atoms with E-state index in [4.69, 9.17) is 14.5 Å². The van der Waals surface area contributed by atoms with Gasteiger partial charge in [0.25, 0.3) is 0 Å². The van der Waals surface area contributed by atoms with E-state index < -0.39 is 0 Å². The van der Waals surface area contributed by atoms with Gasteiger partial charge in [0.2, 0.25) is 5.91 Å². The standard InChI is InChI=1S/C25H23N5O3S/c1-32-21-10-6-9-18(24(21)33-2)14-30-22(11-12-26-30)28-23(31)13-19-16-34-25-27-20(15-29(19)25)17-7-4-3-5-8-17/h3-12,15-16H,13-14H2,1-2H3,(H,28,31). The number of para-hydroxylation sites is 1. The Morgan fingerprint density at radius 3 is 2.71 bits per heavy atom. The van der Waals surface area contributed by atoms with Crippen LogP contribution >= 0.6 is 11.3 Å². The number of imidazole rings is 1. The number of amides is 1. The van der Waals surface area contributed by atoms with Crippen LogP contribution in [0.4, 0.5) is 5.82 Å². The van der Waals surface area contributed by atoms with Crippen molar-refractivity contribution in [2.24, 2.45) is 0 Å². The molecule has 1 amide bonds. The Morgan fingerprint density at radius 2 is 1.91 bits per heavy atom. The monoisotopic (exact) mass is 473 g/mol. The summed E-state index contributed by atoms with van der Waals surface area (Å²) < 4.78 is 14.6. The minimum absolute atomic E-state index is 0.131. The lowest BCUT2D eigenvalue weighted by atomic mass is 10.2. The molecule has 34 heavy (non-hydrogen) atoms. The van der Waals surface area contributed by atoms with E-state index in [-0.39, 0.29) is 12.3 Å². The summed E-state index contributed by atoms with van der Waals surface area (Å²) in [5, 5.41) is 9.32. The lowest BCUT2D eigenvalue weighted by Crippen LogP contribution is -2.18. The minimum Gasteiger partial charge on any atom is -0.493 e. The molecule has 2 aromatic carbocycles. The highest BCUT2D eigenvalue weighted by atomic mass is 32.1. The number of hydrogen-bond donors (Lipinski definition) is 1. The molecule has 9 heteroatoms. The molecule has 5 aromatic rings. The Balaban J connectivity index is 1.32. The molecular formula is C25H23N5O3S. The maximum Gasteiger partial charge on any atom is 0.231 e. The van der Waals surface area contributed by atoms with Crippen molar-refractivity contribution >= 4 is 28.0 Å². The number of carbonyl (C=O) groups excluding carboxylic acids is 1. The highest BCUT2D eigenvalue weighted by Crippen LogP contribution is 2.31. The van der Waals surface area contributed by atoms with Crippen LogP contribution in [0, 0.1) is 0 Å². The second-order valence-electron chi connectivity index (χ2n) is 7.62. The van der Waals surface area contributed by atoms with E-state index in [2.05, 4.69) is 10.4 Å². The van der Waals surface area contributed by atoms with Gasteiger partial charge in [-0.25, -0.2) is 9.67 Å². The molecule has 0 aliphatic heterocycles. The van der Waals surface area contributed by atoms with Gasteiger partial charge in [0.15, 0.2) is 16.5 Å². The van der Waals surface area contributed by atoms with Gasteiger partial charge in [-0.2, -0.15) is 5.10 Å². The summed E-state index contributed by atoms with van der Waals surface area (Å²) in [4.78, 5) is 18.5. The summed E-state index contributed by atoms with van der Waals surface area (Å²) in [6, 6.07) is 17.5.